The third kappa shape index (κ3) is 5.43. The second kappa shape index (κ2) is 8.60. The van der Waals surface area contributed by atoms with E-state index in [9.17, 15) is 4.79 Å². The summed E-state index contributed by atoms with van der Waals surface area (Å²) in [6, 6.07) is 4.12. The van der Waals surface area contributed by atoms with Crippen LogP contribution in [0.1, 0.15) is 12.8 Å². The van der Waals surface area contributed by atoms with E-state index in [4.69, 9.17) is 5.11 Å². The maximum Gasteiger partial charge on any atom is 0.238 e. The monoisotopic (exact) mass is 626 g/mol. The maximum atomic E-state index is 12.2. The van der Waals surface area contributed by atoms with Crippen LogP contribution >= 0.6 is 67.8 Å². The first-order valence-corrected chi connectivity index (χ1v) is 10.0. The molecule has 1 saturated heterocycles. The minimum Gasteiger partial charge on any atom is -0.396 e. The fraction of sp³-hybridized carbons (Fsp3) is 0.500. The van der Waals surface area contributed by atoms with Crippen molar-refractivity contribution in [2.75, 3.05) is 31.6 Å². The Hall–Kier alpha value is 0.800. The molecule has 2 N–H and O–H groups in total. The number of nitrogens with zero attached hydrogens (tertiary/aromatic N) is 1. The zero-order chi connectivity index (χ0) is 15.4. The Kier molecular flexibility index (Phi) is 7.43. The number of hydrogen-bond donors (Lipinski definition) is 2. The van der Waals surface area contributed by atoms with Crippen molar-refractivity contribution >= 4 is 79.4 Å². The molecule has 1 aromatic carbocycles. The lowest BCUT2D eigenvalue weighted by atomic mass is 9.98. The van der Waals surface area contributed by atoms with Gasteiger partial charge in [0.15, 0.2) is 0 Å². The predicted molar refractivity (Wildman–Crippen MR) is 109 cm³/mol. The number of anilines is 1. The molecule has 116 valence electrons. The summed E-state index contributed by atoms with van der Waals surface area (Å²) >= 11 is 6.80. The summed E-state index contributed by atoms with van der Waals surface area (Å²) in [4.78, 5) is 14.4. The number of likely N-dealkylation sites (tertiary alicyclic amines) is 1. The summed E-state index contributed by atoms with van der Waals surface area (Å²) < 4.78 is 3.30. The van der Waals surface area contributed by atoms with E-state index in [1.54, 1.807) is 0 Å². The average molecular weight is 626 g/mol. The number of halogens is 3. The van der Waals surface area contributed by atoms with E-state index in [2.05, 4.69) is 90.1 Å². The van der Waals surface area contributed by atoms with Gasteiger partial charge in [0.2, 0.25) is 5.91 Å². The normalized spacial score (nSPS) is 17.0. The summed E-state index contributed by atoms with van der Waals surface area (Å²) in [6.45, 7) is 2.47. The third-order valence-electron chi connectivity index (χ3n) is 3.60. The molecule has 1 heterocycles. The van der Waals surface area contributed by atoms with E-state index in [0.29, 0.717) is 12.5 Å². The van der Waals surface area contributed by atoms with Crippen molar-refractivity contribution in [2.45, 2.75) is 12.8 Å². The number of carbonyl (C=O) groups excluding carboxylic acids is 1. The van der Waals surface area contributed by atoms with Gasteiger partial charge in [-0.25, -0.2) is 0 Å². The predicted octanol–water partition coefficient (Wildman–Crippen LogP) is 3.14. The molecule has 0 radical (unpaired) electrons. The van der Waals surface area contributed by atoms with Crippen molar-refractivity contribution in [3.63, 3.8) is 0 Å². The largest absolute Gasteiger partial charge is 0.396 e. The Morgan fingerprint density at radius 1 is 1.24 bits per heavy atom. The number of amides is 1. The SMILES string of the molecule is O=C(CN1CCC(CO)CC1)Nc1c(I)cc(I)cc1I. The molecule has 0 bridgehead atoms. The van der Waals surface area contributed by atoms with Gasteiger partial charge >= 0.3 is 0 Å². The van der Waals surface area contributed by atoms with Crippen LogP contribution in [0.4, 0.5) is 5.69 Å². The van der Waals surface area contributed by atoms with Gasteiger partial charge in [0.1, 0.15) is 0 Å². The summed E-state index contributed by atoms with van der Waals surface area (Å²) in [5.74, 6) is 0.442. The highest BCUT2D eigenvalue weighted by atomic mass is 127. The molecule has 1 aliphatic rings. The van der Waals surface area contributed by atoms with Gasteiger partial charge < -0.3 is 10.4 Å². The molecule has 0 saturated carbocycles. The second-order valence-electron chi connectivity index (χ2n) is 5.19. The van der Waals surface area contributed by atoms with Crippen LogP contribution in [0.5, 0.6) is 0 Å². The van der Waals surface area contributed by atoms with Gasteiger partial charge in [-0.1, -0.05) is 0 Å². The molecule has 1 aliphatic heterocycles. The van der Waals surface area contributed by atoms with Gasteiger partial charge in [-0.05, 0) is 112 Å². The van der Waals surface area contributed by atoms with E-state index in [0.717, 1.165) is 38.8 Å². The number of hydrogen-bond acceptors (Lipinski definition) is 3. The number of carbonyl (C=O) groups is 1. The van der Waals surface area contributed by atoms with Crippen molar-refractivity contribution in [3.05, 3.63) is 22.8 Å². The van der Waals surface area contributed by atoms with E-state index >= 15 is 0 Å². The van der Waals surface area contributed by atoms with Gasteiger partial charge in [0.05, 0.1) is 12.2 Å². The highest BCUT2D eigenvalue weighted by molar-refractivity contribution is 14.1. The quantitative estimate of drug-likeness (QED) is 0.506. The average Bonchev–Trinajstić information content (AvgIpc) is 2.43. The fourth-order valence-electron chi connectivity index (χ4n) is 2.37. The van der Waals surface area contributed by atoms with Crippen LogP contribution in [0.3, 0.4) is 0 Å². The highest BCUT2D eigenvalue weighted by Crippen LogP contribution is 2.27. The number of benzene rings is 1. The van der Waals surface area contributed by atoms with Crippen LogP contribution < -0.4 is 5.32 Å². The number of rotatable bonds is 4. The van der Waals surface area contributed by atoms with Crippen LogP contribution in [-0.2, 0) is 4.79 Å². The Balaban J connectivity index is 1.91. The lowest BCUT2D eigenvalue weighted by Gasteiger charge is -2.30. The molecule has 2 rings (SSSR count). The van der Waals surface area contributed by atoms with Crippen molar-refractivity contribution in [1.29, 1.82) is 0 Å². The number of piperidine rings is 1. The fourth-order valence-corrected chi connectivity index (χ4v) is 6.22. The van der Waals surface area contributed by atoms with Crippen molar-refractivity contribution in [1.82, 2.24) is 4.90 Å². The van der Waals surface area contributed by atoms with Crippen LogP contribution in [0.15, 0.2) is 12.1 Å². The zero-order valence-electron chi connectivity index (χ0n) is 11.4. The summed E-state index contributed by atoms with van der Waals surface area (Å²) in [5.41, 5.74) is 0.909. The number of aliphatic hydroxyl groups excluding tert-OH is 1. The molecule has 1 fully saturated rings. The lowest BCUT2D eigenvalue weighted by Crippen LogP contribution is -2.40. The molecule has 1 aromatic rings. The molecule has 0 spiro atoms. The Labute approximate surface area is 165 Å². The van der Waals surface area contributed by atoms with Gasteiger partial charge in [0, 0.05) is 17.3 Å². The van der Waals surface area contributed by atoms with Crippen LogP contribution in [0.2, 0.25) is 0 Å². The number of nitrogens with one attached hydrogen (secondary N) is 1. The molecular weight excluding hydrogens is 609 g/mol. The maximum absolute atomic E-state index is 12.2. The first-order valence-electron chi connectivity index (χ1n) is 6.77. The smallest absolute Gasteiger partial charge is 0.238 e. The molecule has 1 amide bonds. The number of aliphatic hydroxyl groups is 1. The van der Waals surface area contributed by atoms with Crippen LogP contribution in [0.25, 0.3) is 0 Å². The topological polar surface area (TPSA) is 52.6 Å². The summed E-state index contributed by atoms with van der Waals surface area (Å²) in [6.07, 6.45) is 1.95. The molecule has 0 aromatic heterocycles. The van der Waals surface area contributed by atoms with Crippen LogP contribution in [0, 0.1) is 16.6 Å². The molecule has 0 atom stereocenters. The van der Waals surface area contributed by atoms with Gasteiger partial charge in [-0.2, -0.15) is 0 Å². The van der Waals surface area contributed by atoms with Crippen LogP contribution in [-0.4, -0.2) is 42.2 Å². The van der Waals surface area contributed by atoms with Crippen molar-refractivity contribution in [3.8, 4) is 0 Å². The molecular formula is C14H17I3N2O2. The summed E-state index contributed by atoms with van der Waals surface area (Å²) in [5, 5.41) is 12.2. The van der Waals surface area contributed by atoms with Crippen molar-refractivity contribution in [2.24, 2.45) is 5.92 Å². The molecule has 0 aliphatic carbocycles. The Morgan fingerprint density at radius 2 is 1.81 bits per heavy atom. The Bertz CT molecular complexity index is 494. The minimum absolute atomic E-state index is 0.0366. The first-order chi connectivity index (χ1) is 9.99. The standard InChI is InChI=1S/C14H17I3N2O2/c15-10-5-11(16)14(12(17)6-10)18-13(21)7-19-3-1-9(8-20)2-4-19/h5-6,9,20H,1-4,7-8H2,(H,18,21). The second-order valence-corrected chi connectivity index (χ2v) is 8.76. The molecule has 0 unspecified atom stereocenters. The Morgan fingerprint density at radius 3 is 2.33 bits per heavy atom. The molecule has 21 heavy (non-hydrogen) atoms. The first kappa shape index (κ1) is 18.1. The lowest BCUT2D eigenvalue weighted by molar-refractivity contribution is -0.117. The van der Waals surface area contributed by atoms with Gasteiger partial charge in [0.25, 0.3) is 0 Å². The van der Waals surface area contributed by atoms with E-state index < -0.39 is 0 Å². The third-order valence-corrected chi connectivity index (χ3v) is 5.93. The van der Waals surface area contributed by atoms with E-state index in [1.807, 2.05) is 0 Å². The highest BCUT2D eigenvalue weighted by Gasteiger charge is 2.20. The van der Waals surface area contributed by atoms with Gasteiger partial charge in [-0.15, -0.1) is 0 Å². The van der Waals surface area contributed by atoms with E-state index in [1.165, 1.54) is 3.57 Å². The van der Waals surface area contributed by atoms with Crippen molar-refractivity contribution < 1.29 is 9.90 Å². The van der Waals surface area contributed by atoms with E-state index in [-0.39, 0.29) is 12.5 Å². The zero-order valence-corrected chi connectivity index (χ0v) is 17.9. The molecule has 7 heteroatoms. The summed E-state index contributed by atoms with van der Waals surface area (Å²) in [7, 11) is 0. The minimum atomic E-state index is 0.0366. The van der Waals surface area contributed by atoms with Gasteiger partial charge in [-0.3, -0.25) is 9.69 Å². The molecule has 4 nitrogen and oxygen atoms in total.